The molecule has 0 spiro atoms. The molecule has 0 aliphatic rings. The number of allylic oxidation sites excluding steroid dienone is 14. The van der Waals surface area contributed by atoms with Gasteiger partial charge in [-0.2, -0.15) is 0 Å². The van der Waals surface area contributed by atoms with Gasteiger partial charge in [0, 0.05) is 12.8 Å². The zero-order chi connectivity index (χ0) is 63.3. The molecule has 0 saturated carbocycles. The van der Waals surface area contributed by atoms with Gasteiger partial charge >= 0.3 is 17.9 Å². The zero-order valence-corrected chi connectivity index (χ0v) is 57.7. The van der Waals surface area contributed by atoms with Gasteiger partial charge in [-0.3, -0.25) is 9.59 Å². The molecule has 0 rings (SSSR count). The molecule has 504 valence electrons. The van der Waals surface area contributed by atoms with E-state index in [0.29, 0.717) is 17.4 Å². The second-order valence-corrected chi connectivity index (χ2v) is 25.9. The maximum atomic E-state index is 13.0. The van der Waals surface area contributed by atoms with Crippen molar-refractivity contribution in [3.63, 3.8) is 0 Å². The summed E-state index contributed by atoms with van der Waals surface area (Å²) in [5, 5.41) is 9.75. The number of unbranched alkanes of at least 4 members (excludes halogenated alkanes) is 39. The van der Waals surface area contributed by atoms with E-state index in [2.05, 4.69) is 98.9 Å². The topological polar surface area (TPSA) is 108 Å². The van der Waals surface area contributed by atoms with E-state index in [1.165, 1.54) is 231 Å². The molecule has 0 aliphatic carbocycles. The van der Waals surface area contributed by atoms with Crippen LogP contribution in [0, 0.1) is 0 Å². The molecule has 0 aromatic heterocycles. The fraction of sp³-hybridized carbons (Fsp3) is 0.782. The molecule has 0 heterocycles. The fourth-order valence-electron chi connectivity index (χ4n) is 10.5. The third-order valence-corrected chi connectivity index (χ3v) is 16.1. The summed E-state index contributed by atoms with van der Waals surface area (Å²) in [6.07, 6.45) is 90.0. The summed E-state index contributed by atoms with van der Waals surface area (Å²) in [7, 11) is 5.98. The van der Waals surface area contributed by atoms with Crippen molar-refractivity contribution >= 4 is 17.9 Å². The number of rotatable bonds is 68. The molecular weight excluding hydrogens is 1080 g/mol. The van der Waals surface area contributed by atoms with Crippen molar-refractivity contribution in [3.8, 4) is 0 Å². The molecule has 0 fully saturated rings. The number of hydrogen-bond acceptors (Lipinski definition) is 7. The predicted octanol–water partition coefficient (Wildman–Crippen LogP) is 23.0. The van der Waals surface area contributed by atoms with Gasteiger partial charge in [0.2, 0.25) is 0 Å². The number of quaternary nitrogens is 1. The lowest BCUT2D eigenvalue weighted by atomic mass is 10.0. The van der Waals surface area contributed by atoms with Crippen LogP contribution >= 0.6 is 0 Å². The minimum Gasteiger partial charge on any atom is -0.477 e. The number of esters is 2. The van der Waals surface area contributed by atoms with Crippen LogP contribution in [0.2, 0.25) is 0 Å². The summed E-state index contributed by atoms with van der Waals surface area (Å²) in [6, 6.07) is 0. The SMILES string of the molecule is CC/C=C\C/C=C\C/C=C\C/C=C\C/C=C\C/C=C\CCCCCCCCCCCCCCCCCCCCCCCCC(=O)OC(COC(=O)CCCCCCCCCCC/C=C\CCCCCCCCCC)COC(OCC[N+](C)(C)C)C(=O)O. The monoisotopic (exact) mass is 1220 g/mol. The maximum absolute atomic E-state index is 13.0. The van der Waals surface area contributed by atoms with Crippen molar-refractivity contribution in [2.45, 2.75) is 347 Å². The zero-order valence-electron chi connectivity index (χ0n) is 57.7. The van der Waals surface area contributed by atoms with Crippen molar-refractivity contribution < 1.29 is 42.9 Å². The van der Waals surface area contributed by atoms with E-state index in [1.807, 2.05) is 21.1 Å². The molecule has 2 atom stereocenters. The summed E-state index contributed by atoms with van der Waals surface area (Å²) in [5.74, 6) is -1.99. The summed E-state index contributed by atoms with van der Waals surface area (Å²) in [5.41, 5.74) is 0. The van der Waals surface area contributed by atoms with Gasteiger partial charge in [0.25, 0.3) is 6.29 Å². The number of carboxylic acid groups (broad SMARTS) is 1. The van der Waals surface area contributed by atoms with Gasteiger partial charge in [0.1, 0.15) is 13.2 Å². The highest BCUT2D eigenvalue weighted by Crippen LogP contribution is 2.18. The van der Waals surface area contributed by atoms with Crippen LogP contribution in [0.5, 0.6) is 0 Å². The lowest BCUT2D eigenvalue weighted by Gasteiger charge is -2.25. The largest absolute Gasteiger partial charge is 0.477 e. The molecule has 1 N–H and O–H groups in total. The Morgan fingerprint density at radius 2 is 0.655 bits per heavy atom. The number of carbonyl (C=O) groups is 3. The van der Waals surface area contributed by atoms with Crippen molar-refractivity contribution in [2.75, 3.05) is 47.5 Å². The number of carbonyl (C=O) groups excluding carboxylic acids is 2. The molecule has 0 aromatic rings. The summed E-state index contributed by atoms with van der Waals surface area (Å²) in [4.78, 5) is 37.6. The third-order valence-electron chi connectivity index (χ3n) is 16.1. The van der Waals surface area contributed by atoms with Crippen LogP contribution in [0.4, 0.5) is 0 Å². The second kappa shape index (κ2) is 68.4. The third kappa shape index (κ3) is 69.8. The van der Waals surface area contributed by atoms with Crippen molar-refractivity contribution in [2.24, 2.45) is 0 Å². The van der Waals surface area contributed by atoms with E-state index in [1.54, 1.807) is 0 Å². The molecular formula is C78H140NO8+. The fourth-order valence-corrected chi connectivity index (χ4v) is 10.5. The highest BCUT2D eigenvalue weighted by atomic mass is 16.7. The molecule has 0 amide bonds. The van der Waals surface area contributed by atoms with E-state index < -0.39 is 18.4 Å². The first-order chi connectivity index (χ1) is 42.6. The molecule has 9 heteroatoms. The van der Waals surface area contributed by atoms with E-state index in [9.17, 15) is 19.5 Å². The van der Waals surface area contributed by atoms with E-state index >= 15 is 0 Å². The maximum Gasteiger partial charge on any atom is 0.361 e. The minimum absolute atomic E-state index is 0.181. The first kappa shape index (κ1) is 83.5. The van der Waals surface area contributed by atoms with Crippen molar-refractivity contribution in [1.82, 2.24) is 0 Å². The first-order valence-electron chi connectivity index (χ1n) is 36.8. The Hall–Kier alpha value is -3.53. The number of likely N-dealkylation sites (N-methyl/N-ethyl adjacent to an activating group) is 1. The quantitative estimate of drug-likeness (QED) is 0.0211. The van der Waals surface area contributed by atoms with Gasteiger partial charge in [0.15, 0.2) is 6.10 Å². The van der Waals surface area contributed by atoms with Crippen molar-refractivity contribution in [1.29, 1.82) is 0 Å². The first-order valence-corrected chi connectivity index (χ1v) is 36.8. The van der Waals surface area contributed by atoms with Crippen LogP contribution in [0.25, 0.3) is 0 Å². The molecule has 2 unspecified atom stereocenters. The van der Waals surface area contributed by atoms with Gasteiger partial charge in [-0.15, -0.1) is 0 Å². The molecule has 0 bridgehead atoms. The molecule has 0 aromatic carbocycles. The van der Waals surface area contributed by atoms with E-state index in [-0.39, 0.29) is 38.2 Å². The Morgan fingerprint density at radius 3 is 0.989 bits per heavy atom. The van der Waals surface area contributed by atoms with Gasteiger partial charge < -0.3 is 28.5 Å². The lowest BCUT2D eigenvalue weighted by Crippen LogP contribution is -2.40. The standard InChI is InChI=1S/C78H139NO8/c1-6-8-10-12-14-16-18-20-22-24-26-28-29-30-31-32-33-34-35-36-37-38-39-40-41-42-43-44-45-46-47-49-51-53-55-57-59-61-63-65-67-69-76(81)87-74(73-86-78(77(82)83)84-71-70-79(3,4)5)72-85-75(80)68-66-64-62-60-58-56-54-52-50-48-27-25-23-21-19-17-15-13-11-9-7-2/h8,10,14,16,20,22,25-28,30-31,33-34,74,78H,6-7,9,11-13,15,17-19,21,23-24,29,32,35-73H2,1-5H3/p+1/b10-8-,16-14-,22-20-,27-25-,28-26-,31-30-,34-33-. The average Bonchev–Trinajstić information content (AvgIpc) is 3.59. The normalized spacial score (nSPS) is 13.2. The number of aliphatic carboxylic acids is 1. The molecule has 9 nitrogen and oxygen atoms in total. The summed E-state index contributed by atoms with van der Waals surface area (Å²) >= 11 is 0. The van der Waals surface area contributed by atoms with Crippen LogP contribution in [0.1, 0.15) is 335 Å². The highest BCUT2D eigenvalue weighted by Gasteiger charge is 2.25. The Kier molecular flexibility index (Phi) is 65.6. The van der Waals surface area contributed by atoms with Crippen LogP contribution < -0.4 is 0 Å². The van der Waals surface area contributed by atoms with Crippen LogP contribution in [-0.4, -0.2) is 87.4 Å². The highest BCUT2D eigenvalue weighted by molar-refractivity contribution is 5.71. The van der Waals surface area contributed by atoms with E-state index in [0.717, 1.165) is 77.0 Å². The van der Waals surface area contributed by atoms with Gasteiger partial charge in [0.05, 0.1) is 34.4 Å². The predicted molar refractivity (Wildman–Crippen MR) is 373 cm³/mol. The smallest absolute Gasteiger partial charge is 0.361 e. The Labute approximate surface area is 538 Å². The van der Waals surface area contributed by atoms with Gasteiger partial charge in [-0.05, 0) is 89.9 Å². The summed E-state index contributed by atoms with van der Waals surface area (Å²) < 4.78 is 23.0. The number of nitrogens with zero attached hydrogens (tertiary/aromatic N) is 1. The van der Waals surface area contributed by atoms with Crippen LogP contribution in [0.15, 0.2) is 85.1 Å². The Morgan fingerprint density at radius 1 is 0.356 bits per heavy atom. The number of ether oxygens (including phenoxy) is 4. The van der Waals surface area contributed by atoms with E-state index in [4.69, 9.17) is 18.9 Å². The van der Waals surface area contributed by atoms with Gasteiger partial charge in [-0.25, -0.2) is 4.79 Å². The summed E-state index contributed by atoms with van der Waals surface area (Å²) in [6.45, 7) is 4.80. The van der Waals surface area contributed by atoms with Crippen LogP contribution in [0.3, 0.4) is 0 Å². The molecule has 0 radical (unpaired) electrons. The number of hydrogen-bond donors (Lipinski definition) is 1. The number of carboxylic acids is 1. The Bertz CT molecular complexity index is 1700. The average molecular weight is 1220 g/mol. The Balaban J connectivity index is 3.99. The molecule has 0 aliphatic heterocycles. The molecule has 87 heavy (non-hydrogen) atoms. The molecule has 0 saturated heterocycles. The van der Waals surface area contributed by atoms with Gasteiger partial charge in [-0.1, -0.05) is 317 Å². The second-order valence-electron chi connectivity index (χ2n) is 25.9. The lowest BCUT2D eigenvalue weighted by molar-refractivity contribution is -0.870. The van der Waals surface area contributed by atoms with Crippen molar-refractivity contribution in [3.05, 3.63) is 85.1 Å². The van der Waals surface area contributed by atoms with Crippen LogP contribution in [-0.2, 0) is 33.3 Å². The minimum atomic E-state index is -1.51.